The number of rotatable bonds is 2. The van der Waals surface area contributed by atoms with E-state index < -0.39 is 0 Å². The second kappa shape index (κ2) is 3.05. The first kappa shape index (κ1) is 8.28. The molecule has 1 rings (SSSR count). The molecule has 0 unspecified atom stereocenters. The van der Waals surface area contributed by atoms with Crippen LogP contribution in [0, 0.1) is 0 Å². The van der Waals surface area contributed by atoms with Gasteiger partial charge < -0.3 is 0 Å². The lowest BCUT2D eigenvalue weighted by Gasteiger charge is -2.16. The van der Waals surface area contributed by atoms with Gasteiger partial charge in [0.25, 0.3) is 0 Å². The van der Waals surface area contributed by atoms with Gasteiger partial charge in [0.2, 0.25) is 0 Å². The largest absolute Gasteiger partial charge is 0.251 e. The van der Waals surface area contributed by atoms with Gasteiger partial charge in [-0.15, -0.1) is 0 Å². The van der Waals surface area contributed by atoms with Gasteiger partial charge in [0.1, 0.15) is 0 Å². The molecule has 0 aromatic heterocycles. The van der Waals surface area contributed by atoms with E-state index in [2.05, 4.69) is 12.1 Å². The molecule has 0 spiro atoms. The highest BCUT2D eigenvalue weighted by Gasteiger charge is 2.11. The molecule has 11 heavy (non-hydrogen) atoms. The van der Waals surface area contributed by atoms with E-state index in [1.165, 1.54) is 5.56 Å². The molecule has 1 aromatic carbocycles. The molecule has 0 amide bonds. The second-order valence-electron chi connectivity index (χ2n) is 3.55. The Kier molecular flexibility index (Phi) is 2.30. The standard InChI is InChI=1S/C10H14N/c1-10(2,11)8-9-6-4-3-5-7-9/h3-7,11H,8H2,1-2H3. The minimum Gasteiger partial charge on any atom is -0.251 e. The van der Waals surface area contributed by atoms with Crippen LogP contribution in [0.5, 0.6) is 0 Å². The predicted molar refractivity (Wildman–Crippen MR) is 47.3 cm³/mol. The summed E-state index contributed by atoms with van der Waals surface area (Å²) in [4.78, 5) is 0. The first-order chi connectivity index (χ1) is 5.08. The Morgan fingerprint density at radius 2 is 1.73 bits per heavy atom. The predicted octanol–water partition coefficient (Wildman–Crippen LogP) is 2.29. The maximum absolute atomic E-state index is 7.67. The normalized spacial score (nSPS) is 11.5. The molecule has 1 aromatic rings. The maximum Gasteiger partial charge on any atom is 0.0307 e. The van der Waals surface area contributed by atoms with Crippen LogP contribution in [-0.4, -0.2) is 5.54 Å². The molecule has 0 saturated carbocycles. The average Bonchev–Trinajstić information content (AvgIpc) is 1.85. The molecule has 1 N–H and O–H groups in total. The van der Waals surface area contributed by atoms with Crippen molar-refractivity contribution in [2.24, 2.45) is 0 Å². The molecule has 0 fully saturated rings. The summed E-state index contributed by atoms with van der Waals surface area (Å²) in [6.07, 6.45) is 0.827. The van der Waals surface area contributed by atoms with Gasteiger partial charge in [0, 0.05) is 5.54 Å². The molecular weight excluding hydrogens is 134 g/mol. The first-order valence-electron chi connectivity index (χ1n) is 3.87. The van der Waals surface area contributed by atoms with Gasteiger partial charge in [-0.2, -0.15) is 0 Å². The molecule has 0 heterocycles. The van der Waals surface area contributed by atoms with E-state index in [-0.39, 0.29) is 5.54 Å². The van der Waals surface area contributed by atoms with Crippen LogP contribution in [0.2, 0.25) is 0 Å². The second-order valence-corrected chi connectivity index (χ2v) is 3.55. The minimum absolute atomic E-state index is 0.346. The van der Waals surface area contributed by atoms with Crippen molar-refractivity contribution in [3.05, 3.63) is 35.9 Å². The van der Waals surface area contributed by atoms with Crippen LogP contribution < -0.4 is 5.73 Å². The topological polar surface area (TPSA) is 23.8 Å². The zero-order chi connectivity index (χ0) is 8.32. The van der Waals surface area contributed by atoms with Crippen LogP contribution in [0.3, 0.4) is 0 Å². The van der Waals surface area contributed by atoms with Crippen molar-refractivity contribution < 1.29 is 0 Å². The van der Waals surface area contributed by atoms with Gasteiger partial charge >= 0.3 is 0 Å². The third-order valence-corrected chi connectivity index (χ3v) is 1.49. The zero-order valence-corrected chi connectivity index (χ0v) is 7.09. The van der Waals surface area contributed by atoms with Crippen molar-refractivity contribution in [3.8, 4) is 0 Å². The highest BCUT2D eigenvalue weighted by atomic mass is 14.7. The number of hydrogen-bond acceptors (Lipinski definition) is 0. The highest BCUT2D eigenvalue weighted by Crippen LogP contribution is 2.10. The van der Waals surface area contributed by atoms with Crippen LogP contribution in [0.1, 0.15) is 19.4 Å². The van der Waals surface area contributed by atoms with E-state index in [0.29, 0.717) is 0 Å². The van der Waals surface area contributed by atoms with E-state index in [1.54, 1.807) is 0 Å². The lowest BCUT2D eigenvalue weighted by Crippen LogP contribution is -2.24. The van der Waals surface area contributed by atoms with Crippen molar-refractivity contribution in [1.82, 2.24) is 5.73 Å². The van der Waals surface area contributed by atoms with Crippen LogP contribution in [0.4, 0.5) is 0 Å². The lowest BCUT2D eigenvalue weighted by atomic mass is 9.96. The van der Waals surface area contributed by atoms with Gasteiger partial charge in [0.15, 0.2) is 0 Å². The Labute approximate surface area is 68.2 Å². The number of nitrogens with one attached hydrogen (secondary N) is 1. The third-order valence-electron chi connectivity index (χ3n) is 1.49. The Hall–Kier alpha value is -0.820. The Bertz CT molecular complexity index is 208. The quantitative estimate of drug-likeness (QED) is 0.614. The van der Waals surface area contributed by atoms with Crippen molar-refractivity contribution in [2.75, 3.05) is 0 Å². The highest BCUT2D eigenvalue weighted by molar-refractivity contribution is 5.16. The molecule has 0 aliphatic heterocycles. The number of hydrogen-bond donors (Lipinski definition) is 0. The Morgan fingerprint density at radius 3 is 2.18 bits per heavy atom. The fraction of sp³-hybridized carbons (Fsp3) is 0.400. The summed E-state index contributed by atoms with van der Waals surface area (Å²) >= 11 is 0. The van der Waals surface area contributed by atoms with Crippen LogP contribution in [0.25, 0.3) is 0 Å². The van der Waals surface area contributed by atoms with Crippen LogP contribution >= 0.6 is 0 Å². The molecule has 1 heteroatoms. The smallest absolute Gasteiger partial charge is 0.0307 e. The van der Waals surface area contributed by atoms with E-state index >= 15 is 0 Å². The van der Waals surface area contributed by atoms with Gasteiger partial charge in [-0.3, -0.25) is 5.73 Å². The summed E-state index contributed by atoms with van der Waals surface area (Å²) in [6.45, 7) is 3.86. The van der Waals surface area contributed by atoms with Crippen LogP contribution in [-0.2, 0) is 6.42 Å². The Morgan fingerprint density at radius 1 is 1.18 bits per heavy atom. The molecule has 1 nitrogen and oxygen atoms in total. The lowest BCUT2D eigenvalue weighted by molar-refractivity contribution is 0.497. The molecule has 0 saturated heterocycles. The summed E-state index contributed by atoms with van der Waals surface area (Å²) in [6, 6.07) is 10.2. The van der Waals surface area contributed by atoms with E-state index in [4.69, 9.17) is 5.73 Å². The maximum atomic E-state index is 7.67. The third kappa shape index (κ3) is 3.19. The van der Waals surface area contributed by atoms with Gasteiger partial charge in [-0.25, -0.2) is 0 Å². The van der Waals surface area contributed by atoms with E-state index in [9.17, 15) is 0 Å². The summed E-state index contributed by atoms with van der Waals surface area (Å²) in [5.74, 6) is 0. The molecular formula is C10H14N. The molecule has 1 radical (unpaired) electrons. The van der Waals surface area contributed by atoms with Gasteiger partial charge in [-0.05, 0) is 25.8 Å². The molecule has 0 aliphatic carbocycles. The SMILES string of the molecule is CC(C)([NH])Cc1ccccc1. The Balaban J connectivity index is 2.66. The fourth-order valence-electron chi connectivity index (χ4n) is 1.11. The van der Waals surface area contributed by atoms with Crippen molar-refractivity contribution >= 4 is 0 Å². The van der Waals surface area contributed by atoms with E-state index in [0.717, 1.165) is 6.42 Å². The number of benzene rings is 1. The molecule has 0 bridgehead atoms. The van der Waals surface area contributed by atoms with E-state index in [1.807, 2.05) is 32.0 Å². The van der Waals surface area contributed by atoms with Crippen LogP contribution in [0.15, 0.2) is 30.3 Å². The van der Waals surface area contributed by atoms with Gasteiger partial charge in [0.05, 0.1) is 0 Å². The van der Waals surface area contributed by atoms with Crippen molar-refractivity contribution in [1.29, 1.82) is 0 Å². The van der Waals surface area contributed by atoms with Gasteiger partial charge in [-0.1, -0.05) is 30.3 Å². The summed E-state index contributed by atoms with van der Waals surface area (Å²) in [5, 5.41) is 0. The fourth-order valence-corrected chi connectivity index (χ4v) is 1.11. The van der Waals surface area contributed by atoms with Crippen molar-refractivity contribution in [2.45, 2.75) is 25.8 Å². The molecule has 59 valence electrons. The summed E-state index contributed by atoms with van der Waals surface area (Å²) in [5.41, 5.74) is 8.57. The average molecular weight is 148 g/mol. The summed E-state index contributed by atoms with van der Waals surface area (Å²) < 4.78 is 0. The molecule has 0 atom stereocenters. The minimum atomic E-state index is -0.346. The summed E-state index contributed by atoms with van der Waals surface area (Å²) in [7, 11) is 0. The molecule has 0 aliphatic rings. The zero-order valence-electron chi connectivity index (χ0n) is 7.09. The van der Waals surface area contributed by atoms with Crippen molar-refractivity contribution in [3.63, 3.8) is 0 Å². The first-order valence-corrected chi connectivity index (χ1v) is 3.87. The monoisotopic (exact) mass is 148 g/mol.